The van der Waals surface area contributed by atoms with Gasteiger partial charge in [0.15, 0.2) is 0 Å². The number of hydrogen-bond acceptors (Lipinski definition) is 7. The lowest BCUT2D eigenvalue weighted by Gasteiger charge is -2.11. The second-order valence-corrected chi connectivity index (χ2v) is 8.89. The highest BCUT2D eigenvalue weighted by atomic mass is 32.2. The third-order valence-corrected chi connectivity index (χ3v) is 6.36. The normalized spacial score (nSPS) is 11.1. The Morgan fingerprint density at radius 3 is 2.42 bits per heavy atom. The lowest BCUT2D eigenvalue weighted by atomic mass is 10.2. The predicted octanol–water partition coefficient (Wildman–Crippen LogP) is 4.05. The molecule has 0 amide bonds. The SMILES string of the molecule is Cc1nc(Oc2ccc(NS(=O)(=O)c3ccccc3C#N)cc2)cc(-n2cnc(C)c2C)n1. The fourth-order valence-electron chi connectivity index (χ4n) is 3.15. The lowest BCUT2D eigenvalue weighted by Crippen LogP contribution is -2.14. The minimum atomic E-state index is -3.91. The maximum atomic E-state index is 12.7. The van der Waals surface area contributed by atoms with Crippen LogP contribution >= 0.6 is 0 Å². The Labute approximate surface area is 191 Å². The Morgan fingerprint density at radius 2 is 1.76 bits per heavy atom. The zero-order valence-electron chi connectivity index (χ0n) is 18.1. The van der Waals surface area contributed by atoms with Gasteiger partial charge in [0.25, 0.3) is 10.0 Å². The number of aryl methyl sites for hydroxylation is 2. The van der Waals surface area contributed by atoms with Gasteiger partial charge in [0.2, 0.25) is 5.88 Å². The molecule has 166 valence electrons. The molecule has 2 heterocycles. The van der Waals surface area contributed by atoms with Gasteiger partial charge in [-0.1, -0.05) is 12.1 Å². The van der Waals surface area contributed by atoms with E-state index in [4.69, 9.17) is 4.74 Å². The summed E-state index contributed by atoms with van der Waals surface area (Å²) >= 11 is 0. The van der Waals surface area contributed by atoms with Crippen molar-refractivity contribution >= 4 is 15.7 Å². The van der Waals surface area contributed by atoms with Crippen molar-refractivity contribution in [2.24, 2.45) is 0 Å². The number of ether oxygens (including phenoxy) is 1. The second kappa shape index (κ2) is 8.72. The van der Waals surface area contributed by atoms with Crippen LogP contribution in [0.15, 0.2) is 65.8 Å². The summed E-state index contributed by atoms with van der Waals surface area (Å²) in [7, 11) is -3.91. The van der Waals surface area contributed by atoms with Crippen molar-refractivity contribution in [1.29, 1.82) is 5.26 Å². The molecular formula is C23H20N6O3S. The second-order valence-electron chi connectivity index (χ2n) is 7.24. The molecule has 2 aromatic carbocycles. The van der Waals surface area contributed by atoms with Gasteiger partial charge < -0.3 is 4.74 Å². The molecule has 0 aliphatic heterocycles. The first-order valence-corrected chi connectivity index (χ1v) is 11.4. The van der Waals surface area contributed by atoms with Crippen molar-refractivity contribution in [3.8, 4) is 23.5 Å². The topological polar surface area (TPSA) is 123 Å². The van der Waals surface area contributed by atoms with Crippen LogP contribution in [0, 0.1) is 32.1 Å². The van der Waals surface area contributed by atoms with Crippen LogP contribution < -0.4 is 9.46 Å². The van der Waals surface area contributed by atoms with Crippen molar-refractivity contribution in [3.63, 3.8) is 0 Å². The number of nitrogens with one attached hydrogen (secondary N) is 1. The Hall–Kier alpha value is -4.23. The van der Waals surface area contributed by atoms with Gasteiger partial charge in [-0.25, -0.2) is 18.4 Å². The molecule has 4 aromatic rings. The average Bonchev–Trinajstić information content (AvgIpc) is 3.13. The van der Waals surface area contributed by atoms with Crippen LogP contribution in [0.4, 0.5) is 5.69 Å². The quantitative estimate of drug-likeness (QED) is 0.460. The zero-order chi connectivity index (χ0) is 23.6. The summed E-state index contributed by atoms with van der Waals surface area (Å²) in [5.74, 6) is 1.99. The number of sulfonamides is 1. The van der Waals surface area contributed by atoms with Crippen molar-refractivity contribution in [2.45, 2.75) is 25.7 Å². The molecule has 0 saturated heterocycles. The van der Waals surface area contributed by atoms with Gasteiger partial charge in [-0.05, 0) is 57.2 Å². The first-order valence-electron chi connectivity index (χ1n) is 9.93. The first-order chi connectivity index (χ1) is 15.8. The number of hydrogen-bond donors (Lipinski definition) is 1. The van der Waals surface area contributed by atoms with Gasteiger partial charge >= 0.3 is 0 Å². The van der Waals surface area contributed by atoms with E-state index in [1.807, 2.05) is 24.5 Å². The number of nitriles is 1. The number of imidazole rings is 1. The highest BCUT2D eigenvalue weighted by Gasteiger charge is 2.18. The Morgan fingerprint density at radius 1 is 1.03 bits per heavy atom. The van der Waals surface area contributed by atoms with Crippen LogP contribution in [0.2, 0.25) is 0 Å². The van der Waals surface area contributed by atoms with E-state index in [9.17, 15) is 13.7 Å². The average molecular weight is 461 g/mol. The fraction of sp³-hybridized carbons (Fsp3) is 0.130. The van der Waals surface area contributed by atoms with Gasteiger partial charge in [0, 0.05) is 17.4 Å². The summed E-state index contributed by atoms with van der Waals surface area (Å²) in [6, 6.07) is 16.0. The van der Waals surface area contributed by atoms with Crippen LogP contribution in [-0.2, 0) is 10.0 Å². The van der Waals surface area contributed by atoms with Crippen molar-refractivity contribution < 1.29 is 13.2 Å². The van der Waals surface area contributed by atoms with E-state index >= 15 is 0 Å². The Balaban J connectivity index is 1.54. The van der Waals surface area contributed by atoms with Gasteiger partial charge in [0.05, 0.1) is 11.3 Å². The van der Waals surface area contributed by atoms with Crippen LogP contribution in [0.3, 0.4) is 0 Å². The molecule has 2 aromatic heterocycles. The maximum absolute atomic E-state index is 12.7. The summed E-state index contributed by atoms with van der Waals surface area (Å²) in [6.45, 7) is 5.65. The zero-order valence-corrected chi connectivity index (χ0v) is 19.0. The van der Waals surface area contributed by atoms with Gasteiger partial charge in [0.1, 0.15) is 34.7 Å². The first kappa shape index (κ1) is 22.0. The van der Waals surface area contributed by atoms with Gasteiger partial charge in [-0.3, -0.25) is 9.29 Å². The van der Waals surface area contributed by atoms with E-state index in [-0.39, 0.29) is 10.5 Å². The molecule has 33 heavy (non-hydrogen) atoms. The minimum Gasteiger partial charge on any atom is -0.439 e. The number of anilines is 1. The fourth-order valence-corrected chi connectivity index (χ4v) is 4.36. The molecule has 0 aliphatic carbocycles. The van der Waals surface area contributed by atoms with Crippen LogP contribution in [-0.4, -0.2) is 27.9 Å². The van der Waals surface area contributed by atoms with Crippen molar-refractivity contribution in [1.82, 2.24) is 19.5 Å². The molecule has 1 N–H and O–H groups in total. The smallest absolute Gasteiger partial charge is 0.263 e. The van der Waals surface area contributed by atoms with Crippen LogP contribution in [0.5, 0.6) is 11.6 Å². The molecule has 0 atom stereocenters. The van der Waals surface area contributed by atoms with E-state index in [1.54, 1.807) is 55.7 Å². The maximum Gasteiger partial charge on any atom is 0.263 e. The van der Waals surface area contributed by atoms with E-state index in [0.717, 1.165) is 11.4 Å². The Kier molecular flexibility index (Phi) is 5.81. The number of nitrogens with zero attached hydrogens (tertiary/aromatic N) is 5. The molecule has 0 bridgehead atoms. The molecule has 10 heteroatoms. The van der Waals surface area contributed by atoms with E-state index in [2.05, 4.69) is 19.7 Å². The summed E-state index contributed by atoms with van der Waals surface area (Å²) < 4.78 is 35.6. The van der Waals surface area contributed by atoms with E-state index in [1.165, 1.54) is 12.1 Å². The summed E-state index contributed by atoms with van der Waals surface area (Å²) in [5, 5.41) is 9.18. The van der Waals surface area contributed by atoms with Crippen LogP contribution in [0.1, 0.15) is 22.8 Å². The molecule has 0 radical (unpaired) electrons. The summed E-state index contributed by atoms with van der Waals surface area (Å²) in [5.41, 5.74) is 2.28. The Bertz CT molecular complexity index is 1470. The largest absolute Gasteiger partial charge is 0.439 e. The third-order valence-electron chi connectivity index (χ3n) is 4.93. The summed E-state index contributed by atoms with van der Waals surface area (Å²) in [4.78, 5) is 13.0. The van der Waals surface area contributed by atoms with Gasteiger partial charge in [-0.15, -0.1) is 0 Å². The summed E-state index contributed by atoms with van der Waals surface area (Å²) in [6.07, 6.45) is 1.70. The molecule has 0 saturated carbocycles. The van der Waals surface area contributed by atoms with Crippen molar-refractivity contribution in [2.75, 3.05) is 4.72 Å². The van der Waals surface area contributed by atoms with E-state index < -0.39 is 10.0 Å². The lowest BCUT2D eigenvalue weighted by molar-refractivity contribution is 0.459. The van der Waals surface area contributed by atoms with E-state index in [0.29, 0.717) is 29.0 Å². The number of rotatable bonds is 6. The standard InChI is InChI=1S/C23H20N6O3S/c1-15-16(2)29(14-25-15)22-12-23(27-17(3)26-22)32-20-10-8-19(9-11-20)28-33(30,31)21-7-5-4-6-18(21)13-24/h4-12,14,28H,1-3H3. The third kappa shape index (κ3) is 4.68. The molecule has 0 spiro atoms. The highest BCUT2D eigenvalue weighted by molar-refractivity contribution is 7.92. The number of benzene rings is 2. The van der Waals surface area contributed by atoms with Crippen LogP contribution in [0.25, 0.3) is 5.82 Å². The van der Waals surface area contributed by atoms with Gasteiger partial charge in [-0.2, -0.15) is 10.2 Å². The minimum absolute atomic E-state index is 0.0724. The molecule has 4 rings (SSSR count). The molecule has 0 aliphatic rings. The molecule has 9 nitrogen and oxygen atoms in total. The number of aromatic nitrogens is 4. The predicted molar refractivity (Wildman–Crippen MR) is 122 cm³/mol. The van der Waals surface area contributed by atoms with Crippen molar-refractivity contribution in [3.05, 3.63) is 83.7 Å². The molecule has 0 fully saturated rings. The molecule has 0 unspecified atom stereocenters. The highest BCUT2D eigenvalue weighted by Crippen LogP contribution is 2.25. The molecular weight excluding hydrogens is 440 g/mol. The monoisotopic (exact) mass is 460 g/mol.